The van der Waals surface area contributed by atoms with Crippen LogP contribution in [0.4, 0.5) is 0 Å². The maximum Gasteiger partial charge on any atom is 0.186 e. The van der Waals surface area contributed by atoms with E-state index in [9.17, 15) is 35.7 Å². The Morgan fingerprint density at radius 1 is 0.750 bits per heavy atom. The maximum absolute atomic E-state index is 11.9. The number of ether oxygens (including phenoxy) is 6. The first-order valence-electron chi connectivity index (χ1n) is 19.9. The van der Waals surface area contributed by atoms with Gasteiger partial charge in [-0.3, -0.25) is 0 Å². The van der Waals surface area contributed by atoms with Crippen LogP contribution in [0.15, 0.2) is 0 Å². The smallest absolute Gasteiger partial charge is 0.186 e. The Labute approximate surface area is 309 Å². The third kappa shape index (κ3) is 7.16. The summed E-state index contributed by atoms with van der Waals surface area (Å²) in [4.78, 5) is 0. The van der Waals surface area contributed by atoms with Gasteiger partial charge in [0.15, 0.2) is 12.6 Å². The summed E-state index contributed by atoms with van der Waals surface area (Å²) < 4.78 is 34.9. The van der Waals surface area contributed by atoms with Gasteiger partial charge >= 0.3 is 0 Å². The van der Waals surface area contributed by atoms with Crippen LogP contribution in [0.2, 0.25) is 0 Å². The molecule has 302 valence electrons. The first-order valence-corrected chi connectivity index (χ1v) is 19.9. The molecule has 0 aromatic rings. The third-order valence-electron chi connectivity index (χ3n) is 15.2. The van der Waals surface area contributed by atoms with Crippen LogP contribution in [0.25, 0.3) is 0 Å². The zero-order valence-electron chi connectivity index (χ0n) is 32.2. The molecular formula is C39H68O13. The van der Waals surface area contributed by atoms with Crippen molar-refractivity contribution in [1.82, 2.24) is 0 Å². The van der Waals surface area contributed by atoms with Crippen molar-refractivity contribution in [2.24, 2.45) is 52.3 Å². The molecule has 0 radical (unpaired) electrons. The zero-order chi connectivity index (χ0) is 37.9. The van der Waals surface area contributed by atoms with Crippen LogP contribution in [-0.4, -0.2) is 143 Å². The number of aliphatic hydroxyl groups excluding tert-OH is 7. The van der Waals surface area contributed by atoms with E-state index in [4.69, 9.17) is 28.4 Å². The number of fused-ring (bicyclic) bond motifs is 5. The topological polar surface area (TPSA) is 197 Å². The van der Waals surface area contributed by atoms with Crippen molar-refractivity contribution < 1.29 is 64.2 Å². The molecule has 0 aromatic carbocycles. The fourth-order valence-electron chi connectivity index (χ4n) is 12.4. The lowest BCUT2D eigenvalue weighted by atomic mass is 9.43. The van der Waals surface area contributed by atoms with Gasteiger partial charge in [0, 0.05) is 20.1 Å². The van der Waals surface area contributed by atoms with E-state index < -0.39 is 86.1 Å². The highest BCUT2D eigenvalue weighted by molar-refractivity contribution is 5.15. The molecule has 13 nitrogen and oxygen atoms in total. The van der Waals surface area contributed by atoms with E-state index in [1.54, 1.807) is 0 Å². The molecule has 3 unspecified atom stereocenters. The van der Waals surface area contributed by atoms with E-state index in [1.165, 1.54) is 14.2 Å². The number of hydrogen-bond acceptors (Lipinski definition) is 13. The Hall–Kier alpha value is -0.520. The molecule has 2 heterocycles. The van der Waals surface area contributed by atoms with Crippen LogP contribution in [0.3, 0.4) is 0 Å². The molecule has 13 heteroatoms. The van der Waals surface area contributed by atoms with Crippen molar-refractivity contribution in [3.05, 3.63) is 0 Å². The summed E-state index contributed by atoms with van der Waals surface area (Å²) in [6.07, 6.45) is -4.28. The molecule has 52 heavy (non-hydrogen) atoms. The van der Waals surface area contributed by atoms with E-state index in [2.05, 4.69) is 34.6 Å². The van der Waals surface area contributed by atoms with Gasteiger partial charge in [0.1, 0.15) is 36.6 Å². The lowest BCUT2D eigenvalue weighted by molar-refractivity contribution is -0.312. The van der Waals surface area contributed by atoms with Gasteiger partial charge in [-0.25, -0.2) is 0 Å². The quantitative estimate of drug-likeness (QED) is 0.143. The zero-order valence-corrected chi connectivity index (χ0v) is 32.2. The molecule has 7 N–H and O–H groups in total. The van der Waals surface area contributed by atoms with Crippen LogP contribution in [0, 0.1) is 52.3 Å². The second-order valence-electron chi connectivity index (χ2n) is 18.1. The Balaban J connectivity index is 1.11. The van der Waals surface area contributed by atoms with Gasteiger partial charge in [0.25, 0.3) is 0 Å². The molecule has 0 aromatic heterocycles. The molecule has 4 aliphatic carbocycles. The van der Waals surface area contributed by atoms with Gasteiger partial charge in [0.2, 0.25) is 0 Å². The van der Waals surface area contributed by atoms with Crippen LogP contribution in [-0.2, 0) is 28.4 Å². The molecular weight excluding hydrogens is 676 g/mol. The maximum atomic E-state index is 11.9. The molecule has 0 bridgehead atoms. The van der Waals surface area contributed by atoms with Crippen LogP contribution in [0.1, 0.15) is 86.0 Å². The van der Waals surface area contributed by atoms with Gasteiger partial charge in [-0.2, -0.15) is 0 Å². The van der Waals surface area contributed by atoms with Crippen LogP contribution < -0.4 is 0 Å². The van der Waals surface area contributed by atoms with Crippen molar-refractivity contribution >= 4 is 0 Å². The number of hydrogen-bond donors (Lipinski definition) is 7. The second-order valence-corrected chi connectivity index (χ2v) is 18.1. The summed E-state index contributed by atoms with van der Waals surface area (Å²) >= 11 is 0. The van der Waals surface area contributed by atoms with E-state index >= 15 is 0 Å². The third-order valence-corrected chi connectivity index (χ3v) is 15.2. The van der Waals surface area contributed by atoms with Gasteiger partial charge in [-0.15, -0.1) is 0 Å². The largest absolute Gasteiger partial charge is 0.394 e. The van der Waals surface area contributed by atoms with Crippen LogP contribution >= 0.6 is 0 Å². The monoisotopic (exact) mass is 744 g/mol. The van der Waals surface area contributed by atoms with Crippen molar-refractivity contribution in [3.8, 4) is 0 Å². The molecule has 0 amide bonds. The van der Waals surface area contributed by atoms with E-state index in [-0.39, 0.29) is 59.0 Å². The number of rotatable bonds is 12. The Morgan fingerprint density at radius 2 is 1.44 bits per heavy atom. The summed E-state index contributed by atoms with van der Waals surface area (Å²) in [5.74, 6) is 0.738. The molecule has 6 rings (SSSR count). The highest BCUT2D eigenvalue weighted by Crippen LogP contribution is 2.68. The van der Waals surface area contributed by atoms with Crippen molar-refractivity contribution in [2.75, 3.05) is 27.4 Å². The minimum atomic E-state index is -1.22. The summed E-state index contributed by atoms with van der Waals surface area (Å²) in [7, 11) is 3.00. The van der Waals surface area contributed by atoms with Gasteiger partial charge in [-0.1, -0.05) is 34.6 Å². The first kappa shape index (κ1) is 41.1. The summed E-state index contributed by atoms with van der Waals surface area (Å²) in [6.45, 7) is 10.7. The minimum Gasteiger partial charge on any atom is -0.394 e. The first-order chi connectivity index (χ1) is 24.6. The average Bonchev–Trinajstić information content (AvgIpc) is 3.54. The Morgan fingerprint density at radius 3 is 2.08 bits per heavy atom. The molecule has 2 aliphatic heterocycles. The highest BCUT2D eigenvalue weighted by Gasteiger charge is 2.66. The van der Waals surface area contributed by atoms with Crippen LogP contribution in [0.5, 0.6) is 0 Å². The van der Waals surface area contributed by atoms with Crippen molar-refractivity contribution in [2.45, 2.75) is 166 Å². The lowest BCUT2D eigenvalue weighted by Crippen LogP contribution is -2.64. The standard InChI is InChI=1S/C39H68O13/c1-18(2)25(50-36-34(46)32(44)27(16-40)52-36)9-8-19(3)22-15-24(42)29-20-14-23(41)30-31(43)26(11-13-38(30,4)21(20)10-12-39(22,29)5)51-37-35(48-7)33(45)28(47-6)17-49-37/h18-37,40-46H,8-17H2,1-7H3/t19-,20-,21?,22-,23-,24+,25+,26+,27-,28-,29?,30?,31+,32-,33+,34+,35-,36+,37+,38-,39-/m1/s1. The minimum absolute atomic E-state index is 0.0432. The summed E-state index contributed by atoms with van der Waals surface area (Å²) in [5, 5.41) is 76.5. The lowest BCUT2D eigenvalue weighted by Gasteiger charge is -2.63. The second kappa shape index (κ2) is 16.1. The average molecular weight is 745 g/mol. The number of aliphatic hydroxyl groups is 7. The van der Waals surface area contributed by atoms with Gasteiger partial charge in [0.05, 0.1) is 43.7 Å². The Bertz CT molecular complexity index is 1180. The molecule has 6 fully saturated rings. The van der Waals surface area contributed by atoms with Crippen molar-refractivity contribution in [1.29, 1.82) is 0 Å². The van der Waals surface area contributed by atoms with Gasteiger partial charge < -0.3 is 64.2 Å². The van der Waals surface area contributed by atoms with E-state index in [0.29, 0.717) is 19.3 Å². The fraction of sp³-hybridized carbons (Fsp3) is 1.00. The molecule has 2 saturated heterocycles. The molecule has 21 atom stereocenters. The molecule has 4 saturated carbocycles. The van der Waals surface area contributed by atoms with E-state index in [0.717, 1.165) is 32.1 Å². The summed E-state index contributed by atoms with van der Waals surface area (Å²) in [6, 6.07) is 0. The normalized spacial score (nSPS) is 51.9. The Kier molecular flexibility index (Phi) is 12.8. The highest BCUT2D eigenvalue weighted by atomic mass is 16.7. The van der Waals surface area contributed by atoms with E-state index in [1.807, 2.05) is 0 Å². The molecule has 6 aliphatic rings. The SMILES string of the molecule is CO[C@H]1[C@H](O[C@H]2CC[C@]3(C)C4CC[C@@]5(C)C([C@@H]4C[C@@H](O)C3[C@H]2O)[C@@H](O)C[C@@H]5[C@H](C)CC[C@H](O[C@H]2O[C@H](CO)[C@@H](O)[C@@H]2O)C(C)C)OC[C@@H](OC)[C@@H]1O. The molecule has 0 spiro atoms. The van der Waals surface area contributed by atoms with Crippen molar-refractivity contribution in [3.63, 3.8) is 0 Å². The number of methoxy groups -OCH3 is 2. The predicted octanol–water partition coefficient (Wildman–Crippen LogP) is 1.59. The fourth-order valence-corrected chi connectivity index (χ4v) is 12.4. The predicted molar refractivity (Wildman–Crippen MR) is 187 cm³/mol. The van der Waals surface area contributed by atoms with Gasteiger partial charge in [-0.05, 0) is 97.7 Å². The summed E-state index contributed by atoms with van der Waals surface area (Å²) in [5.41, 5.74) is -0.438.